The number of rotatable bonds is 27. The molecule has 2 rings (SSSR count). The maximum atomic E-state index is 10.1. The van der Waals surface area contributed by atoms with Crippen LogP contribution in [0, 0.1) is 6.92 Å². The molecule has 0 aliphatic rings. The van der Waals surface area contributed by atoms with Crippen molar-refractivity contribution in [3.05, 3.63) is 58.7 Å². The Bertz CT molecular complexity index is 933. The second-order valence-electron chi connectivity index (χ2n) is 13.8. The highest BCUT2D eigenvalue weighted by Crippen LogP contribution is 2.23. The van der Waals surface area contributed by atoms with E-state index < -0.39 is 0 Å². The van der Waals surface area contributed by atoms with E-state index in [0.717, 1.165) is 30.4 Å². The molecule has 258 valence electrons. The first-order valence-corrected chi connectivity index (χ1v) is 19.6. The molecule has 0 saturated heterocycles. The number of aromatic hydroxyl groups is 2. The van der Waals surface area contributed by atoms with E-state index in [1.54, 1.807) is 0 Å². The van der Waals surface area contributed by atoms with E-state index in [4.69, 9.17) is 0 Å². The molecule has 0 bridgehead atoms. The number of hydrogen-bond acceptors (Lipinski definition) is 2. The molecule has 0 radical (unpaired) electrons. The molecule has 0 aliphatic heterocycles. The summed E-state index contributed by atoms with van der Waals surface area (Å²) in [6, 6.07) is 12.3. The van der Waals surface area contributed by atoms with E-state index in [-0.39, 0.29) is 0 Å². The first-order valence-electron chi connectivity index (χ1n) is 19.6. The quantitative estimate of drug-likeness (QED) is 0.0973. The number of aryl methyl sites for hydroxylation is 4. The Kier molecular flexibility index (Phi) is 26.9. The third kappa shape index (κ3) is 23.1. The first kappa shape index (κ1) is 41.1. The second kappa shape index (κ2) is 29.4. The first-order chi connectivity index (χ1) is 22.0. The summed E-state index contributed by atoms with van der Waals surface area (Å²) < 4.78 is 0. The molecule has 2 aromatic carbocycles. The number of unbranched alkanes of at least 4 members (excludes halogenated alkanes) is 21. The monoisotopic (exact) mass is 623 g/mol. The zero-order chi connectivity index (χ0) is 32.8. The third-order valence-corrected chi connectivity index (χ3v) is 9.34. The molecule has 2 heteroatoms. The lowest BCUT2D eigenvalue weighted by Gasteiger charge is -2.08. The molecule has 2 nitrogen and oxygen atoms in total. The largest absolute Gasteiger partial charge is 0.508 e. The van der Waals surface area contributed by atoms with Gasteiger partial charge in [-0.15, -0.1) is 0 Å². The van der Waals surface area contributed by atoms with Crippen LogP contribution in [0.25, 0.3) is 0 Å². The van der Waals surface area contributed by atoms with Crippen LogP contribution >= 0.6 is 0 Å². The molecular weight excluding hydrogens is 548 g/mol. The van der Waals surface area contributed by atoms with Gasteiger partial charge in [0.15, 0.2) is 0 Å². The van der Waals surface area contributed by atoms with E-state index in [2.05, 4.69) is 45.0 Å². The molecule has 0 spiro atoms. The minimum atomic E-state index is 0.414. The van der Waals surface area contributed by atoms with Crippen LogP contribution in [0.2, 0.25) is 0 Å². The lowest BCUT2D eigenvalue weighted by atomic mass is 9.99. The van der Waals surface area contributed by atoms with Gasteiger partial charge in [-0.3, -0.25) is 0 Å². The zero-order valence-electron chi connectivity index (χ0n) is 30.5. The molecule has 0 heterocycles. The molecule has 2 N–H and O–H groups in total. The SMILES string of the molecule is CCCCCCCCCCCCc1ccc(O)c(C)c1.CCCCCCCCCc1ccc(O)c(CCCCCCCCC)c1. The van der Waals surface area contributed by atoms with Crippen molar-refractivity contribution < 1.29 is 10.2 Å². The van der Waals surface area contributed by atoms with Crippen LogP contribution in [0.4, 0.5) is 0 Å². The van der Waals surface area contributed by atoms with Crippen LogP contribution in [0.5, 0.6) is 11.5 Å². The van der Waals surface area contributed by atoms with E-state index in [9.17, 15) is 10.2 Å². The van der Waals surface area contributed by atoms with E-state index in [1.807, 2.05) is 19.1 Å². The molecule has 0 saturated carbocycles. The van der Waals surface area contributed by atoms with Crippen molar-refractivity contribution in [1.29, 1.82) is 0 Å². The van der Waals surface area contributed by atoms with E-state index in [0.29, 0.717) is 11.5 Å². The smallest absolute Gasteiger partial charge is 0.118 e. The standard InChI is InChI=1S/C24H42O.C19H32O/c1-3-5-7-9-11-13-15-17-22-19-20-24(25)23(21-22)18-16-14-12-10-8-6-4-2;1-3-4-5-6-7-8-9-10-11-12-13-18-14-15-19(20)17(2)16-18/h19-21,25H,3-18H2,1-2H3;14-16,20H,3-13H2,1-2H3. The van der Waals surface area contributed by atoms with Gasteiger partial charge in [0.05, 0.1) is 0 Å². The van der Waals surface area contributed by atoms with Gasteiger partial charge in [0.1, 0.15) is 11.5 Å². The van der Waals surface area contributed by atoms with Crippen LogP contribution in [0.1, 0.15) is 197 Å². The topological polar surface area (TPSA) is 40.5 Å². The van der Waals surface area contributed by atoms with Crippen molar-refractivity contribution >= 4 is 0 Å². The molecule has 0 fully saturated rings. The molecule has 45 heavy (non-hydrogen) atoms. The number of hydrogen-bond donors (Lipinski definition) is 2. The van der Waals surface area contributed by atoms with Gasteiger partial charge in [0.2, 0.25) is 0 Å². The van der Waals surface area contributed by atoms with Gasteiger partial charge in [-0.25, -0.2) is 0 Å². The van der Waals surface area contributed by atoms with Gasteiger partial charge in [-0.2, -0.15) is 0 Å². The van der Waals surface area contributed by atoms with Crippen molar-refractivity contribution in [3.63, 3.8) is 0 Å². The van der Waals surface area contributed by atoms with Gasteiger partial charge >= 0.3 is 0 Å². The van der Waals surface area contributed by atoms with Crippen LogP contribution in [-0.2, 0) is 19.3 Å². The third-order valence-electron chi connectivity index (χ3n) is 9.34. The maximum absolute atomic E-state index is 10.1. The fraction of sp³-hybridized carbons (Fsp3) is 0.721. The van der Waals surface area contributed by atoms with Crippen molar-refractivity contribution in [2.45, 2.75) is 201 Å². The molecule has 0 aliphatic carbocycles. The zero-order valence-corrected chi connectivity index (χ0v) is 30.5. The highest BCUT2D eigenvalue weighted by atomic mass is 16.3. The fourth-order valence-electron chi connectivity index (χ4n) is 6.24. The Morgan fingerprint density at radius 2 is 0.711 bits per heavy atom. The predicted molar refractivity (Wildman–Crippen MR) is 200 cm³/mol. The Morgan fingerprint density at radius 1 is 0.378 bits per heavy atom. The van der Waals surface area contributed by atoms with Crippen LogP contribution < -0.4 is 0 Å². The van der Waals surface area contributed by atoms with Crippen LogP contribution in [-0.4, -0.2) is 10.2 Å². The van der Waals surface area contributed by atoms with E-state index >= 15 is 0 Å². The summed E-state index contributed by atoms with van der Waals surface area (Å²) in [5.74, 6) is 0.908. The number of phenolic OH excluding ortho intramolecular Hbond substituents is 2. The predicted octanol–water partition coefficient (Wildman–Crippen LogP) is 14.1. The molecule has 0 aromatic heterocycles. The van der Waals surface area contributed by atoms with Crippen molar-refractivity contribution in [2.75, 3.05) is 0 Å². The fourth-order valence-corrected chi connectivity index (χ4v) is 6.24. The minimum Gasteiger partial charge on any atom is -0.508 e. The van der Waals surface area contributed by atoms with Gasteiger partial charge in [0.25, 0.3) is 0 Å². The highest BCUT2D eigenvalue weighted by molar-refractivity contribution is 5.36. The summed E-state index contributed by atoms with van der Waals surface area (Å²) in [6.07, 6.45) is 36.0. The summed E-state index contributed by atoms with van der Waals surface area (Å²) in [5.41, 5.74) is 4.92. The molecule has 2 aromatic rings. The average molecular weight is 623 g/mol. The average Bonchev–Trinajstić information content (AvgIpc) is 3.04. The summed E-state index contributed by atoms with van der Waals surface area (Å²) in [5, 5.41) is 19.6. The summed E-state index contributed by atoms with van der Waals surface area (Å²) in [4.78, 5) is 0. The van der Waals surface area contributed by atoms with Gasteiger partial charge in [-0.05, 0) is 79.8 Å². The molecule has 0 amide bonds. The Hall–Kier alpha value is -1.96. The Morgan fingerprint density at radius 3 is 1.11 bits per heavy atom. The van der Waals surface area contributed by atoms with Crippen LogP contribution in [0.3, 0.4) is 0 Å². The number of benzene rings is 2. The Balaban J connectivity index is 0.000000461. The van der Waals surface area contributed by atoms with Crippen molar-refractivity contribution in [1.82, 2.24) is 0 Å². The van der Waals surface area contributed by atoms with Gasteiger partial charge < -0.3 is 10.2 Å². The van der Waals surface area contributed by atoms with Crippen molar-refractivity contribution in [2.24, 2.45) is 0 Å². The molecule has 0 unspecified atom stereocenters. The lowest BCUT2D eigenvalue weighted by Crippen LogP contribution is -1.92. The summed E-state index contributed by atoms with van der Waals surface area (Å²) in [7, 11) is 0. The molecular formula is C43H74O2. The Labute approximate surface area is 280 Å². The lowest BCUT2D eigenvalue weighted by molar-refractivity contribution is 0.465. The molecule has 0 atom stereocenters. The number of phenols is 2. The van der Waals surface area contributed by atoms with E-state index in [1.165, 1.54) is 165 Å². The van der Waals surface area contributed by atoms with Gasteiger partial charge in [0, 0.05) is 0 Å². The van der Waals surface area contributed by atoms with Crippen molar-refractivity contribution in [3.8, 4) is 11.5 Å². The van der Waals surface area contributed by atoms with Crippen LogP contribution in [0.15, 0.2) is 36.4 Å². The summed E-state index contributed by atoms with van der Waals surface area (Å²) in [6.45, 7) is 8.78. The normalized spacial score (nSPS) is 11.0. The summed E-state index contributed by atoms with van der Waals surface area (Å²) >= 11 is 0. The highest BCUT2D eigenvalue weighted by Gasteiger charge is 2.04. The maximum Gasteiger partial charge on any atom is 0.118 e. The second-order valence-corrected chi connectivity index (χ2v) is 13.8. The van der Waals surface area contributed by atoms with Gasteiger partial charge in [-0.1, -0.05) is 180 Å². The minimum absolute atomic E-state index is 0.414.